The van der Waals surface area contributed by atoms with Gasteiger partial charge in [0.2, 0.25) is 0 Å². The van der Waals surface area contributed by atoms with Crippen molar-refractivity contribution in [2.75, 3.05) is 0 Å². The molecule has 3 heteroatoms. The van der Waals surface area contributed by atoms with Crippen molar-refractivity contribution in [1.82, 2.24) is 0 Å². The summed E-state index contributed by atoms with van der Waals surface area (Å²) < 4.78 is 6.73. The zero-order valence-corrected chi connectivity index (χ0v) is 13.1. The first kappa shape index (κ1) is 14.1. The van der Waals surface area contributed by atoms with Gasteiger partial charge in [-0.05, 0) is 60.2 Å². The van der Waals surface area contributed by atoms with E-state index in [9.17, 15) is 4.79 Å². The molecule has 98 valence electrons. The highest BCUT2D eigenvalue weighted by Gasteiger charge is 2.05. The average molecular weight is 366 g/mol. The van der Waals surface area contributed by atoms with E-state index in [0.717, 1.165) is 14.9 Å². The molecule has 0 N–H and O–H groups in total. The lowest BCUT2D eigenvalue weighted by atomic mass is 10.1. The minimum atomic E-state index is 0.0722. The van der Waals surface area contributed by atoms with E-state index in [-0.39, 0.29) is 5.78 Å². The predicted octanol–water partition coefficient (Wildman–Crippen LogP) is 4.38. The van der Waals surface area contributed by atoms with Gasteiger partial charge in [0, 0.05) is 5.56 Å². The first-order chi connectivity index (χ1) is 9.06. The zero-order chi connectivity index (χ0) is 13.8. The number of hydrogen-bond donors (Lipinski definition) is 0. The quantitative estimate of drug-likeness (QED) is 0.593. The molecular formula is C16H15IO2. The van der Waals surface area contributed by atoms with Crippen LogP contribution in [0.2, 0.25) is 0 Å². The Morgan fingerprint density at radius 3 is 2.42 bits per heavy atom. The van der Waals surface area contributed by atoms with Crippen LogP contribution >= 0.6 is 22.6 Å². The molecule has 0 aliphatic heterocycles. The number of benzene rings is 2. The van der Waals surface area contributed by atoms with Gasteiger partial charge in [0.05, 0.1) is 3.57 Å². The third kappa shape index (κ3) is 3.80. The molecule has 0 atom stereocenters. The lowest BCUT2D eigenvalue weighted by Gasteiger charge is -2.09. The van der Waals surface area contributed by atoms with Crippen LogP contribution in [0.4, 0.5) is 0 Å². The molecule has 2 rings (SSSR count). The molecule has 0 unspecified atom stereocenters. The molecule has 0 aliphatic carbocycles. The molecule has 0 spiro atoms. The molecule has 0 aromatic heterocycles. The summed E-state index contributed by atoms with van der Waals surface area (Å²) >= 11 is 2.19. The van der Waals surface area contributed by atoms with Crippen LogP contribution in [0.1, 0.15) is 28.4 Å². The fraction of sp³-hybridized carbons (Fsp3) is 0.188. The second kappa shape index (κ2) is 6.19. The number of hydrogen-bond acceptors (Lipinski definition) is 2. The van der Waals surface area contributed by atoms with Gasteiger partial charge in [-0.1, -0.05) is 29.8 Å². The van der Waals surface area contributed by atoms with Crippen molar-refractivity contribution in [1.29, 1.82) is 0 Å². The monoisotopic (exact) mass is 366 g/mol. The second-order valence-corrected chi connectivity index (χ2v) is 5.64. The van der Waals surface area contributed by atoms with Crippen molar-refractivity contribution in [2.24, 2.45) is 0 Å². The SMILES string of the molecule is CC(=O)c1ccc(OCc2ccc(C)cc2)c(I)c1. The maximum absolute atomic E-state index is 11.3. The van der Waals surface area contributed by atoms with Gasteiger partial charge in [0.15, 0.2) is 5.78 Å². The number of rotatable bonds is 4. The number of ketones is 1. The topological polar surface area (TPSA) is 26.3 Å². The van der Waals surface area contributed by atoms with Gasteiger partial charge in [0.25, 0.3) is 0 Å². The van der Waals surface area contributed by atoms with E-state index in [0.29, 0.717) is 12.2 Å². The van der Waals surface area contributed by atoms with Crippen molar-refractivity contribution in [3.05, 3.63) is 62.7 Å². The highest BCUT2D eigenvalue weighted by atomic mass is 127. The lowest BCUT2D eigenvalue weighted by molar-refractivity contribution is 0.101. The van der Waals surface area contributed by atoms with E-state index in [1.807, 2.05) is 12.1 Å². The predicted molar refractivity (Wildman–Crippen MR) is 84.7 cm³/mol. The molecule has 0 radical (unpaired) electrons. The van der Waals surface area contributed by atoms with Gasteiger partial charge in [-0.3, -0.25) is 4.79 Å². The van der Waals surface area contributed by atoms with Gasteiger partial charge >= 0.3 is 0 Å². The van der Waals surface area contributed by atoms with Gasteiger partial charge < -0.3 is 4.74 Å². The molecule has 0 saturated heterocycles. The summed E-state index contributed by atoms with van der Waals surface area (Å²) in [6.07, 6.45) is 0. The van der Waals surface area contributed by atoms with E-state index < -0.39 is 0 Å². The van der Waals surface area contributed by atoms with Crippen LogP contribution in [0.15, 0.2) is 42.5 Å². The minimum Gasteiger partial charge on any atom is -0.488 e. The standard InChI is InChI=1S/C16H15IO2/c1-11-3-5-13(6-4-11)10-19-16-8-7-14(12(2)18)9-15(16)17/h3-9H,10H2,1-2H3. The summed E-state index contributed by atoms with van der Waals surface area (Å²) in [6, 6.07) is 13.8. The lowest BCUT2D eigenvalue weighted by Crippen LogP contribution is -1.99. The first-order valence-corrected chi connectivity index (χ1v) is 7.13. The fourth-order valence-corrected chi connectivity index (χ4v) is 2.35. The summed E-state index contributed by atoms with van der Waals surface area (Å²) in [5.41, 5.74) is 3.09. The Labute approximate surface area is 126 Å². The van der Waals surface area contributed by atoms with Gasteiger partial charge in [-0.15, -0.1) is 0 Å². The molecule has 0 bridgehead atoms. The Kier molecular flexibility index (Phi) is 4.58. The van der Waals surface area contributed by atoms with Crippen molar-refractivity contribution >= 4 is 28.4 Å². The van der Waals surface area contributed by atoms with Gasteiger partial charge in [-0.25, -0.2) is 0 Å². The van der Waals surface area contributed by atoms with Crippen molar-refractivity contribution < 1.29 is 9.53 Å². The van der Waals surface area contributed by atoms with Gasteiger partial charge in [0.1, 0.15) is 12.4 Å². The Morgan fingerprint density at radius 2 is 1.84 bits per heavy atom. The number of carbonyl (C=O) groups is 1. The van der Waals surface area contributed by atoms with Crippen LogP contribution in [0.3, 0.4) is 0 Å². The van der Waals surface area contributed by atoms with Crippen molar-refractivity contribution in [2.45, 2.75) is 20.5 Å². The van der Waals surface area contributed by atoms with Crippen molar-refractivity contribution in [3.63, 3.8) is 0 Å². The molecule has 2 aromatic rings. The second-order valence-electron chi connectivity index (χ2n) is 4.48. The molecule has 2 nitrogen and oxygen atoms in total. The largest absolute Gasteiger partial charge is 0.488 e. The maximum atomic E-state index is 11.3. The van der Waals surface area contributed by atoms with E-state index >= 15 is 0 Å². The van der Waals surface area contributed by atoms with E-state index in [1.165, 1.54) is 5.56 Å². The zero-order valence-electron chi connectivity index (χ0n) is 10.9. The van der Waals surface area contributed by atoms with E-state index in [2.05, 4.69) is 53.8 Å². The third-order valence-electron chi connectivity index (χ3n) is 2.85. The minimum absolute atomic E-state index is 0.0722. The third-order valence-corrected chi connectivity index (χ3v) is 3.70. The number of aryl methyl sites for hydroxylation is 1. The average Bonchev–Trinajstić information content (AvgIpc) is 2.39. The highest BCUT2D eigenvalue weighted by Crippen LogP contribution is 2.23. The summed E-state index contributed by atoms with van der Waals surface area (Å²) in [4.78, 5) is 11.3. The Balaban J connectivity index is 2.07. The number of Topliss-reactive ketones (excluding diaryl/α,β-unsaturated/α-hetero) is 1. The molecule has 0 amide bonds. The molecule has 0 saturated carbocycles. The summed E-state index contributed by atoms with van der Waals surface area (Å²) in [7, 11) is 0. The van der Waals surface area contributed by atoms with Crippen LogP contribution in [0.25, 0.3) is 0 Å². The summed E-state index contributed by atoms with van der Waals surface area (Å²) in [5, 5.41) is 0. The van der Waals surface area contributed by atoms with Crippen LogP contribution < -0.4 is 4.74 Å². The molecule has 0 aliphatic rings. The van der Waals surface area contributed by atoms with E-state index in [1.54, 1.807) is 13.0 Å². The van der Waals surface area contributed by atoms with Crippen LogP contribution in [-0.2, 0) is 6.61 Å². The molecule has 2 aromatic carbocycles. The van der Waals surface area contributed by atoms with Crippen LogP contribution in [0, 0.1) is 10.5 Å². The maximum Gasteiger partial charge on any atom is 0.159 e. The number of carbonyl (C=O) groups excluding carboxylic acids is 1. The molecular weight excluding hydrogens is 351 g/mol. The molecule has 0 heterocycles. The normalized spacial score (nSPS) is 10.3. The Morgan fingerprint density at radius 1 is 1.16 bits per heavy atom. The highest BCUT2D eigenvalue weighted by molar-refractivity contribution is 14.1. The number of halogens is 1. The molecule has 19 heavy (non-hydrogen) atoms. The molecule has 0 fully saturated rings. The van der Waals surface area contributed by atoms with Gasteiger partial charge in [-0.2, -0.15) is 0 Å². The number of ether oxygens (including phenoxy) is 1. The smallest absolute Gasteiger partial charge is 0.159 e. The van der Waals surface area contributed by atoms with Crippen molar-refractivity contribution in [3.8, 4) is 5.75 Å². The first-order valence-electron chi connectivity index (χ1n) is 6.05. The van der Waals surface area contributed by atoms with Crippen LogP contribution in [0.5, 0.6) is 5.75 Å². The fourth-order valence-electron chi connectivity index (χ4n) is 1.68. The van der Waals surface area contributed by atoms with Crippen LogP contribution in [-0.4, -0.2) is 5.78 Å². The summed E-state index contributed by atoms with van der Waals surface area (Å²) in [6.45, 7) is 4.17. The summed E-state index contributed by atoms with van der Waals surface area (Å²) in [5.74, 6) is 0.883. The Hall–Kier alpha value is -1.36. The Bertz CT molecular complexity index is 588. The van der Waals surface area contributed by atoms with E-state index in [4.69, 9.17) is 4.74 Å².